The minimum Gasteiger partial charge on any atom is -0.390 e. The van der Waals surface area contributed by atoms with Crippen LogP contribution in [0.5, 0.6) is 0 Å². The molecule has 1 N–H and O–H groups in total. The number of hydrogen-bond donors (Lipinski definition) is 1. The third-order valence-corrected chi connectivity index (χ3v) is 2.49. The minimum atomic E-state index is -3.06. The summed E-state index contributed by atoms with van der Waals surface area (Å²) in [5.74, 6) is -4.20. The first-order valence-corrected chi connectivity index (χ1v) is 5.02. The standard InChI is InChI=1S/C12H16F2O/c1-9(2)11(12(13,14)8-15)10-6-4-3-5-7-10/h3-7,9,11,15H,8H2,1-2H3. The second-order valence-electron chi connectivity index (χ2n) is 4.05. The molecule has 1 unspecified atom stereocenters. The predicted octanol–water partition coefficient (Wildman–Crippen LogP) is 3.05. The van der Waals surface area contributed by atoms with Crippen LogP contribution in [0.3, 0.4) is 0 Å². The molecule has 0 bridgehead atoms. The van der Waals surface area contributed by atoms with E-state index in [-0.39, 0.29) is 5.92 Å². The summed E-state index contributed by atoms with van der Waals surface area (Å²) in [6.45, 7) is 2.37. The second-order valence-corrected chi connectivity index (χ2v) is 4.05. The van der Waals surface area contributed by atoms with E-state index in [0.29, 0.717) is 5.56 Å². The normalized spacial score (nSPS) is 14.3. The lowest BCUT2D eigenvalue weighted by molar-refractivity contribution is -0.0832. The zero-order chi connectivity index (χ0) is 11.5. The van der Waals surface area contributed by atoms with Crippen molar-refractivity contribution in [1.82, 2.24) is 0 Å². The van der Waals surface area contributed by atoms with Gasteiger partial charge in [0, 0.05) is 0 Å². The molecule has 0 heterocycles. The zero-order valence-electron chi connectivity index (χ0n) is 8.95. The van der Waals surface area contributed by atoms with Crippen molar-refractivity contribution in [2.45, 2.75) is 25.7 Å². The molecule has 0 amide bonds. The van der Waals surface area contributed by atoms with Crippen molar-refractivity contribution in [3.8, 4) is 0 Å². The van der Waals surface area contributed by atoms with Gasteiger partial charge in [0.25, 0.3) is 5.92 Å². The van der Waals surface area contributed by atoms with Crippen molar-refractivity contribution in [3.63, 3.8) is 0 Å². The highest BCUT2D eigenvalue weighted by atomic mass is 19.3. The van der Waals surface area contributed by atoms with Gasteiger partial charge in [-0.15, -0.1) is 0 Å². The Morgan fingerprint density at radius 2 is 1.73 bits per heavy atom. The van der Waals surface area contributed by atoms with E-state index in [1.54, 1.807) is 44.2 Å². The molecule has 1 aromatic carbocycles. The molecule has 0 saturated carbocycles. The highest BCUT2D eigenvalue weighted by molar-refractivity contribution is 5.22. The van der Waals surface area contributed by atoms with E-state index in [2.05, 4.69) is 0 Å². The van der Waals surface area contributed by atoms with Gasteiger partial charge in [0.05, 0.1) is 5.92 Å². The average Bonchev–Trinajstić information content (AvgIpc) is 2.18. The Morgan fingerprint density at radius 3 is 2.13 bits per heavy atom. The van der Waals surface area contributed by atoms with Gasteiger partial charge in [-0.2, -0.15) is 0 Å². The molecule has 15 heavy (non-hydrogen) atoms. The fourth-order valence-corrected chi connectivity index (χ4v) is 1.88. The lowest BCUT2D eigenvalue weighted by Gasteiger charge is -2.28. The first-order chi connectivity index (χ1) is 6.99. The quantitative estimate of drug-likeness (QED) is 0.816. The van der Waals surface area contributed by atoms with Crippen molar-refractivity contribution in [3.05, 3.63) is 35.9 Å². The van der Waals surface area contributed by atoms with E-state index < -0.39 is 18.4 Å². The molecule has 1 atom stereocenters. The molecule has 84 valence electrons. The molecular weight excluding hydrogens is 198 g/mol. The number of aliphatic hydroxyl groups excluding tert-OH is 1. The highest BCUT2D eigenvalue weighted by Crippen LogP contribution is 2.38. The zero-order valence-corrected chi connectivity index (χ0v) is 8.95. The van der Waals surface area contributed by atoms with Gasteiger partial charge >= 0.3 is 0 Å². The third-order valence-electron chi connectivity index (χ3n) is 2.49. The second kappa shape index (κ2) is 4.71. The average molecular weight is 214 g/mol. The molecule has 0 spiro atoms. The van der Waals surface area contributed by atoms with Gasteiger partial charge < -0.3 is 5.11 Å². The number of halogens is 2. The van der Waals surface area contributed by atoms with Crippen LogP contribution in [0, 0.1) is 5.92 Å². The van der Waals surface area contributed by atoms with Gasteiger partial charge in [-0.1, -0.05) is 44.2 Å². The molecule has 1 nitrogen and oxygen atoms in total. The maximum atomic E-state index is 13.5. The smallest absolute Gasteiger partial charge is 0.277 e. The number of rotatable bonds is 4. The lowest BCUT2D eigenvalue weighted by Crippen LogP contribution is -2.33. The first-order valence-electron chi connectivity index (χ1n) is 5.02. The molecule has 0 saturated heterocycles. The monoisotopic (exact) mass is 214 g/mol. The summed E-state index contributed by atoms with van der Waals surface area (Å²) >= 11 is 0. The van der Waals surface area contributed by atoms with Crippen LogP contribution in [0.25, 0.3) is 0 Å². The number of alkyl halides is 2. The summed E-state index contributed by atoms with van der Waals surface area (Å²) in [6.07, 6.45) is 0. The largest absolute Gasteiger partial charge is 0.390 e. The summed E-state index contributed by atoms with van der Waals surface area (Å²) in [4.78, 5) is 0. The molecule has 0 fully saturated rings. The molecule has 0 aromatic heterocycles. The van der Waals surface area contributed by atoms with Crippen LogP contribution >= 0.6 is 0 Å². The highest BCUT2D eigenvalue weighted by Gasteiger charge is 2.41. The van der Waals surface area contributed by atoms with E-state index in [4.69, 9.17) is 5.11 Å². The summed E-state index contributed by atoms with van der Waals surface area (Å²) in [7, 11) is 0. The van der Waals surface area contributed by atoms with Crippen molar-refractivity contribution in [1.29, 1.82) is 0 Å². The SMILES string of the molecule is CC(C)C(c1ccccc1)C(F)(F)CO. The van der Waals surface area contributed by atoms with E-state index in [9.17, 15) is 8.78 Å². The number of benzene rings is 1. The summed E-state index contributed by atoms with van der Waals surface area (Å²) in [5.41, 5.74) is 0.576. The van der Waals surface area contributed by atoms with E-state index in [1.165, 1.54) is 0 Å². The van der Waals surface area contributed by atoms with Gasteiger partial charge in [-0.25, -0.2) is 8.78 Å². The minimum absolute atomic E-state index is 0.213. The fourth-order valence-electron chi connectivity index (χ4n) is 1.88. The van der Waals surface area contributed by atoms with Crippen LogP contribution < -0.4 is 0 Å². The van der Waals surface area contributed by atoms with Crippen molar-refractivity contribution < 1.29 is 13.9 Å². The third kappa shape index (κ3) is 2.75. The Kier molecular flexibility index (Phi) is 3.80. The van der Waals surface area contributed by atoms with E-state index >= 15 is 0 Å². The maximum absolute atomic E-state index is 13.5. The van der Waals surface area contributed by atoms with Crippen molar-refractivity contribution in [2.75, 3.05) is 6.61 Å². The summed E-state index contributed by atoms with van der Waals surface area (Å²) in [5, 5.41) is 8.72. The van der Waals surface area contributed by atoms with Crippen molar-refractivity contribution in [2.24, 2.45) is 5.92 Å². The van der Waals surface area contributed by atoms with E-state index in [1.807, 2.05) is 0 Å². The molecule has 0 aliphatic carbocycles. The molecule has 3 heteroatoms. The molecule has 0 radical (unpaired) electrons. The summed E-state index contributed by atoms with van der Waals surface area (Å²) < 4.78 is 27.0. The Morgan fingerprint density at radius 1 is 1.20 bits per heavy atom. The molecular formula is C12H16F2O. The number of aliphatic hydroxyl groups is 1. The summed E-state index contributed by atoms with van der Waals surface area (Å²) in [6, 6.07) is 8.61. The Bertz CT molecular complexity index is 296. The molecule has 1 rings (SSSR count). The molecule has 1 aromatic rings. The van der Waals surface area contributed by atoms with Crippen LogP contribution in [-0.2, 0) is 0 Å². The van der Waals surface area contributed by atoms with Gasteiger partial charge in [-0.05, 0) is 11.5 Å². The van der Waals surface area contributed by atoms with Gasteiger partial charge in [0.15, 0.2) is 0 Å². The van der Waals surface area contributed by atoms with Crippen LogP contribution in [0.1, 0.15) is 25.3 Å². The van der Waals surface area contributed by atoms with Crippen LogP contribution in [0.2, 0.25) is 0 Å². The Balaban J connectivity index is 3.04. The van der Waals surface area contributed by atoms with Crippen LogP contribution in [0.4, 0.5) is 8.78 Å². The van der Waals surface area contributed by atoms with Crippen LogP contribution in [-0.4, -0.2) is 17.6 Å². The Labute approximate surface area is 88.7 Å². The maximum Gasteiger partial charge on any atom is 0.277 e. The first kappa shape index (κ1) is 12.1. The van der Waals surface area contributed by atoms with Crippen LogP contribution in [0.15, 0.2) is 30.3 Å². The van der Waals surface area contributed by atoms with Gasteiger partial charge in [0.2, 0.25) is 0 Å². The topological polar surface area (TPSA) is 20.2 Å². The van der Waals surface area contributed by atoms with Gasteiger partial charge in [-0.3, -0.25) is 0 Å². The van der Waals surface area contributed by atoms with Gasteiger partial charge in [0.1, 0.15) is 6.61 Å². The van der Waals surface area contributed by atoms with E-state index in [0.717, 1.165) is 0 Å². The van der Waals surface area contributed by atoms with Crippen molar-refractivity contribution >= 4 is 0 Å². The fraction of sp³-hybridized carbons (Fsp3) is 0.500. The molecule has 0 aliphatic heterocycles. The Hall–Kier alpha value is -0.960. The number of hydrogen-bond acceptors (Lipinski definition) is 1. The lowest BCUT2D eigenvalue weighted by atomic mass is 9.83. The molecule has 0 aliphatic rings. The predicted molar refractivity (Wildman–Crippen MR) is 56.1 cm³/mol.